The van der Waals surface area contributed by atoms with Crippen LogP contribution in [0.2, 0.25) is 0 Å². The minimum Gasteiger partial charge on any atom is -0.497 e. The van der Waals surface area contributed by atoms with Crippen molar-refractivity contribution < 1.29 is 9.47 Å². The zero-order valence-corrected chi connectivity index (χ0v) is 10.1. The summed E-state index contributed by atoms with van der Waals surface area (Å²) in [5, 5.41) is 2.31. The Morgan fingerprint density at radius 2 is 2.00 bits per heavy atom. The van der Waals surface area contributed by atoms with Crippen molar-refractivity contribution in [1.29, 1.82) is 0 Å². The van der Waals surface area contributed by atoms with Crippen LogP contribution in [0.5, 0.6) is 5.75 Å². The van der Waals surface area contributed by atoms with E-state index in [1.165, 1.54) is 0 Å². The Balaban J connectivity index is 2.01. The van der Waals surface area contributed by atoms with Crippen molar-refractivity contribution in [3.05, 3.63) is 42.0 Å². The molecule has 2 N–H and O–H groups in total. The number of nitrogens with two attached hydrogens (primary N) is 1. The van der Waals surface area contributed by atoms with E-state index in [4.69, 9.17) is 15.2 Å². The van der Waals surface area contributed by atoms with Crippen molar-refractivity contribution >= 4 is 16.8 Å². The van der Waals surface area contributed by atoms with E-state index >= 15 is 0 Å². The summed E-state index contributed by atoms with van der Waals surface area (Å²) in [5.41, 5.74) is 6.64. The van der Waals surface area contributed by atoms with Gasteiger partial charge in [-0.05, 0) is 34.5 Å². The molecule has 0 fully saturated rings. The maximum Gasteiger partial charge on any atom is 0.282 e. The van der Waals surface area contributed by atoms with Crippen LogP contribution in [0.3, 0.4) is 0 Å². The lowest BCUT2D eigenvalue weighted by Crippen LogP contribution is -2.10. The number of aliphatic imine (C=N–C) groups is 1. The van der Waals surface area contributed by atoms with E-state index in [1.54, 1.807) is 7.11 Å². The molecule has 1 heterocycles. The van der Waals surface area contributed by atoms with Gasteiger partial charge in [0.1, 0.15) is 18.4 Å². The Hall–Kier alpha value is -2.23. The molecule has 4 heteroatoms. The molecule has 2 aromatic rings. The van der Waals surface area contributed by atoms with E-state index in [9.17, 15) is 0 Å². The second-order valence-electron chi connectivity index (χ2n) is 4.27. The average molecular weight is 242 g/mol. The molecule has 3 rings (SSSR count). The molecule has 0 spiro atoms. The van der Waals surface area contributed by atoms with Gasteiger partial charge in [0.15, 0.2) is 0 Å². The second kappa shape index (κ2) is 4.22. The lowest BCUT2D eigenvalue weighted by molar-refractivity contribution is 0.315. The first-order valence-corrected chi connectivity index (χ1v) is 5.80. The molecule has 4 nitrogen and oxygen atoms in total. The third-order valence-electron chi connectivity index (χ3n) is 3.13. The monoisotopic (exact) mass is 242 g/mol. The number of methoxy groups -OCH3 is 1. The van der Waals surface area contributed by atoms with E-state index in [0.717, 1.165) is 22.1 Å². The first-order chi connectivity index (χ1) is 8.76. The van der Waals surface area contributed by atoms with Crippen LogP contribution < -0.4 is 10.5 Å². The van der Waals surface area contributed by atoms with Gasteiger partial charge in [0.2, 0.25) is 0 Å². The summed E-state index contributed by atoms with van der Waals surface area (Å²) in [6.07, 6.45) is 0. The lowest BCUT2D eigenvalue weighted by atomic mass is 10.0. The highest BCUT2D eigenvalue weighted by molar-refractivity contribution is 5.85. The standard InChI is InChI=1S/C14H14N2O2/c1-17-12-5-4-9-6-11(3-2-10(9)7-12)13-8-18-14(15)16-13/h2-7,13H,8H2,1H3,(H2,15,16). The maximum atomic E-state index is 5.52. The van der Waals surface area contributed by atoms with Crippen LogP contribution in [0.15, 0.2) is 41.4 Å². The summed E-state index contributed by atoms with van der Waals surface area (Å²) < 4.78 is 10.4. The van der Waals surface area contributed by atoms with Crippen molar-refractivity contribution in [2.45, 2.75) is 6.04 Å². The highest BCUT2D eigenvalue weighted by Crippen LogP contribution is 2.27. The summed E-state index contributed by atoms with van der Waals surface area (Å²) in [7, 11) is 1.67. The minimum atomic E-state index is 0.0106. The minimum absolute atomic E-state index is 0.0106. The number of hydrogen-bond donors (Lipinski definition) is 1. The molecule has 0 saturated carbocycles. The molecule has 2 aromatic carbocycles. The first kappa shape index (κ1) is 10.9. The molecule has 1 atom stereocenters. The van der Waals surface area contributed by atoms with Gasteiger partial charge in [-0.1, -0.05) is 18.2 Å². The largest absolute Gasteiger partial charge is 0.497 e. The first-order valence-electron chi connectivity index (χ1n) is 5.80. The SMILES string of the molecule is COc1ccc2cc(C3COC(N)=N3)ccc2c1. The lowest BCUT2D eigenvalue weighted by Gasteiger charge is -2.08. The Labute approximate surface area is 105 Å². The predicted molar refractivity (Wildman–Crippen MR) is 70.8 cm³/mol. The fourth-order valence-corrected chi connectivity index (χ4v) is 2.14. The van der Waals surface area contributed by atoms with Gasteiger partial charge in [-0.2, -0.15) is 0 Å². The number of ether oxygens (including phenoxy) is 2. The quantitative estimate of drug-likeness (QED) is 0.878. The number of benzene rings is 2. The Bertz CT molecular complexity index is 622. The van der Waals surface area contributed by atoms with Crippen LogP contribution >= 0.6 is 0 Å². The normalized spacial score (nSPS) is 18.5. The Morgan fingerprint density at radius 1 is 1.22 bits per heavy atom. The fraction of sp³-hybridized carbons (Fsp3) is 0.214. The number of hydrogen-bond acceptors (Lipinski definition) is 4. The molecule has 0 aliphatic carbocycles. The number of amidine groups is 1. The van der Waals surface area contributed by atoms with Crippen LogP contribution in [0.25, 0.3) is 10.8 Å². The summed E-state index contributed by atoms with van der Waals surface area (Å²) in [5.74, 6) is 0.863. The van der Waals surface area contributed by atoms with Gasteiger partial charge in [0.25, 0.3) is 6.02 Å². The van der Waals surface area contributed by atoms with Crippen molar-refractivity contribution in [3.63, 3.8) is 0 Å². The zero-order chi connectivity index (χ0) is 12.5. The highest BCUT2D eigenvalue weighted by atomic mass is 16.5. The van der Waals surface area contributed by atoms with Crippen molar-refractivity contribution in [1.82, 2.24) is 0 Å². The van der Waals surface area contributed by atoms with Crippen molar-refractivity contribution in [2.75, 3.05) is 13.7 Å². The summed E-state index contributed by atoms with van der Waals surface area (Å²) in [6, 6.07) is 12.5. The van der Waals surface area contributed by atoms with Gasteiger partial charge in [0.05, 0.1) is 7.11 Å². The smallest absolute Gasteiger partial charge is 0.282 e. The molecule has 92 valence electrons. The molecule has 1 aliphatic heterocycles. The van der Waals surface area contributed by atoms with Gasteiger partial charge in [-0.15, -0.1) is 0 Å². The molecule has 0 amide bonds. The molecule has 18 heavy (non-hydrogen) atoms. The van der Waals surface area contributed by atoms with Crippen LogP contribution in [-0.4, -0.2) is 19.7 Å². The molecule has 0 saturated heterocycles. The van der Waals surface area contributed by atoms with E-state index in [0.29, 0.717) is 6.61 Å². The summed E-state index contributed by atoms with van der Waals surface area (Å²) >= 11 is 0. The molecule has 0 bridgehead atoms. The van der Waals surface area contributed by atoms with Crippen LogP contribution in [0, 0.1) is 0 Å². The fourth-order valence-electron chi connectivity index (χ4n) is 2.14. The van der Waals surface area contributed by atoms with Crippen LogP contribution in [-0.2, 0) is 4.74 Å². The van der Waals surface area contributed by atoms with Gasteiger partial charge in [-0.25, -0.2) is 4.99 Å². The van der Waals surface area contributed by atoms with Gasteiger partial charge in [-0.3, -0.25) is 0 Å². The number of fused-ring (bicyclic) bond motifs is 1. The number of rotatable bonds is 2. The molecule has 1 aliphatic rings. The maximum absolute atomic E-state index is 5.52. The van der Waals surface area contributed by atoms with Crippen LogP contribution in [0.1, 0.15) is 11.6 Å². The zero-order valence-electron chi connectivity index (χ0n) is 10.1. The average Bonchev–Trinajstić information content (AvgIpc) is 2.84. The molecular formula is C14H14N2O2. The van der Waals surface area contributed by atoms with Crippen molar-refractivity contribution in [2.24, 2.45) is 10.7 Å². The molecular weight excluding hydrogens is 228 g/mol. The highest BCUT2D eigenvalue weighted by Gasteiger charge is 2.18. The Kier molecular flexibility index (Phi) is 2.55. The Morgan fingerprint density at radius 3 is 2.72 bits per heavy atom. The third-order valence-corrected chi connectivity index (χ3v) is 3.13. The third kappa shape index (κ3) is 1.86. The topological polar surface area (TPSA) is 56.8 Å². The number of nitrogens with zero attached hydrogens (tertiary/aromatic N) is 1. The van der Waals surface area contributed by atoms with Gasteiger partial charge >= 0.3 is 0 Å². The predicted octanol–water partition coefficient (Wildman–Crippen LogP) is 2.23. The van der Waals surface area contributed by atoms with Crippen molar-refractivity contribution in [3.8, 4) is 5.75 Å². The van der Waals surface area contributed by atoms with E-state index in [1.807, 2.05) is 18.2 Å². The van der Waals surface area contributed by atoms with Gasteiger partial charge in [0, 0.05) is 0 Å². The van der Waals surface area contributed by atoms with Gasteiger partial charge < -0.3 is 15.2 Å². The molecule has 0 radical (unpaired) electrons. The summed E-state index contributed by atoms with van der Waals surface area (Å²) in [4.78, 5) is 4.25. The second-order valence-corrected chi connectivity index (χ2v) is 4.27. The molecule has 1 unspecified atom stereocenters. The van der Waals surface area contributed by atoms with E-state index in [-0.39, 0.29) is 12.1 Å². The van der Waals surface area contributed by atoms with Crippen LogP contribution in [0.4, 0.5) is 0 Å². The molecule has 0 aromatic heterocycles. The summed E-state index contributed by atoms with van der Waals surface area (Å²) in [6.45, 7) is 0.521. The van der Waals surface area contributed by atoms with E-state index < -0.39 is 0 Å². The van der Waals surface area contributed by atoms with E-state index in [2.05, 4.69) is 23.2 Å².